The molecule has 3 rings (SSSR count). The van der Waals surface area contributed by atoms with Gasteiger partial charge in [0, 0.05) is 19.0 Å². The van der Waals surface area contributed by atoms with Crippen LogP contribution in [0.25, 0.3) is 0 Å². The summed E-state index contributed by atoms with van der Waals surface area (Å²) in [7, 11) is 0. The van der Waals surface area contributed by atoms with Crippen LogP contribution in [0.5, 0.6) is 0 Å². The van der Waals surface area contributed by atoms with E-state index in [-0.39, 0.29) is 11.9 Å². The first-order chi connectivity index (χ1) is 11.7. The number of nitrogens with one attached hydrogen (secondary N) is 1. The third-order valence-corrected chi connectivity index (χ3v) is 3.53. The third-order valence-electron chi connectivity index (χ3n) is 3.53. The molecule has 6 heteroatoms. The van der Waals surface area contributed by atoms with E-state index >= 15 is 0 Å². The number of hydrogen-bond donors (Lipinski definition) is 1. The van der Waals surface area contributed by atoms with Crippen molar-refractivity contribution < 1.29 is 14.3 Å². The van der Waals surface area contributed by atoms with Gasteiger partial charge >= 0.3 is 5.88 Å². The molecule has 0 amide bonds. The van der Waals surface area contributed by atoms with Gasteiger partial charge in [-0.25, -0.2) is 4.99 Å². The number of para-hydroxylation sites is 1. The van der Waals surface area contributed by atoms with E-state index < -0.39 is 6.02 Å². The molecular weight excluding hydrogens is 304 g/mol. The lowest BCUT2D eigenvalue weighted by molar-refractivity contribution is -0.782. The molecule has 0 aliphatic heterocycles. The molecule has 0 bridgehead atoms. The molecule has 0 aliphatic rings. The monoisotopic (exact) mass is 322 g/mol. The van der Waals surface area contributed by atoms with Crippen LogP contribution in [0.15, 0.2) is 76.4 Å². The lowest BCUT2D eigenvalue weighted by Gasteiger charge is -2.11. The van der Waals surface area contributed by atoms with Gasteiger partial charge in [0.15, 0.2) is 6.04 Å². The van der Waals surface area contributed by atoms with Crippen LogP contribution < -0.4 is 15.1 Å². The Morgan fingerprint density at radius 1 is 1.17 bits per heavy atom. The summed E-state index contributed by atoms with van der Waals surface area (Å²) in [5.41, 5.74) is 1.89. The zero-order valence-electron chi connectivity index (χ0n) is 13.3. The van der Waals surface area contributed by atoms with Crippen LogP contribution in [0.4, 0.5) is 11.6 Å². The molecule has 24 heavy (non-hydrogen) atoms. The number of aromatic nitrogens is 2. The highest BCUT2D eigenvalue weighted by molar-refractivity contribution is 5.86. The summed E-state index contributed by atoms with van der Waals surface area (Å²) in [5.74, 6) is 0.170. The topological polar surface area (TPSA) is 77.4 Å². The minimum atomic E-state index is -0.500. The summed E-state index contributed by atoms with van der Waals surface area (Å²) in [4.78, 5) is 3.86. The second-order valence-electron chi connectivity index (χ2n) is 5.47. The van der Waals surface area contributed by atoms with Crippen LogP contribution in [0.1, 0.15) is 18.5 Å². The standard InChI is InChI=1S/C18H18N4O2/c1-14(12-15-8-4-2-5-9-15)22-13-17(24-21-22)20-18(23)19-16-10-6-3-7-11-16/h2-11,13-14H,12H2,1H3,(H-,19,20,21,23). The molecule has 122 valence electrons. The Morgan fingerprint density at radius 3 is 2.54 bits per heavy atom. The first-order valence-electron chi connectivity index (χ1n) is 7.70. The van der Waals surface area contributed by atoms with Crippen LogP contribution in [0.3, 0.4) is 0 Å². The van der Waals surface area contributed by atoms with Crippen molar-refractivity contribution >= 4 is 17.6 Å². The molecule has 1 atom stereocenters. The quantitative estimate of drug-likeness (QED) is 0.444. The first kappa shape index (κ1) is 15.7. The maximum absolute atomic E-state index is 11.9. The number of rotatable bonds is 5. The zero-order valence-corrected chi connectivity index (χ0v) is 13.3. The lowest BCUT2D eigenvalue weighted by atomic mass is 10.1. The van der Waals surface area contributed by atoms with Crippen LogP contribution in [-0.4, -0.2) is 11.3 Å². The average Bonchev–Trinajstić information content (AvgIpc) is 3.05. The number of nitrogens with zero attached hydrogens (tertiary/aromatic N) is 3. The van der Waals surface area contributed by atoms with Gasteiger partial charge in [0.2, 0.25) is 5.27 Å². The molecule has 0 saturated heterocycles. The van der Waals surface area contributed by atoms with Crippen molar-refractivity contribution in [1.82, 2.24) is 5.27 Å². The van der Waals surface area contributed by atoms with E-state index in [2.05, 4.69) is 27.7 Å². The van der Waals surface area contributed by atoms with E-state index in [1.165, 1.54) is 5.56 Å². The van der Waals surface area contributed by atoms with Gasteiger partial charge in [-0.15, -0.1) is 0 Å². The van der Waals surface area contributed by atoms with E-state index in [1.54, 1.807) is 23.0 Å². The van der Waals surface area contributed by atoms with Crippen LogP contribution in [-0.2, 0) is 6.42 Å². The van der Waals surface area contributed by atoms with E-state index in [0.29, 0.717) is 5.69 Å². The molecule has 0 fully saturated rings. The van der Waals surface area contributed by atoms with E-state index in [1.807, 2.05) is 43.3 Å². The first-order valence-corrected chi connectivity index (χ1v) is 7.70. The number of benzene rings is 2. The van der Waals surface area contributed by atoms with Crippen LogP contribution in [0.2, 0.25) is 0 Å². The second kappa shape index (κ2) is 7.41. The molecule has 1 N–H and O–H groups in total. The molecule has 6 nitrogen and oxygen atoms in total. The average molecular weight is 322 g/mol. The highest BCUT2D eigenvalue weighted by Crippen LogP contribution is 2.12. The number of amidine groups is 1. The van der Waals surface area contributed by atoms with Crippen molar-refractivity contribution in [2.75, 3.05) is 5.32 Å². The Labute approximate surface area is 140 Å². The number of hydrogen-bond acceptors (Lipinski definition) is 4. The molecule has 0 spiro atoms. The van der Waals surface area contributed by atoms with Gasteiger partial charge < -0.3 is 10.4 Å². The predicted molar refractivity (Wildman–Crippen MR) is 88.7 cm³/mol. The Bertz CT molecular complexity index is 800. The summed E-state index contributed by atoms with van der Waals surface area (Å²) in [6, 6.07) is 18.8. The maximum Gasteiger partial charge on any atom is 0.322 e. The van der Waals surface area contributed by atoms with Crippen molar-refractivity contribution in [1.29, 1.82) is 0 Å². The van der Waals surface area contributed by atoms with Crippen molar-refractivity contribution in [2.24, 2.45) is 4.99 Å². The Morgan fingerprint density at radius 2 is 1.83 bits per heavy atom. The normalized spacial score (nSPS) is 12.8. The maximum atomic E-state index is 11.9. The highest BCUT2D eigenvalue weighted by atomic mass is 16.5. The van der Waals surface area contributed by atoms with Crippen molar-refractivity contribution in [3.63, 3.8) is 0 Å². The fraction of sp³-hybridized carbons (Fsp3) is 0.167. The van der Waals surface area contributed by atoms with E-state index in [4.69, 9.17) is 4.52 Å². The highest BCUT2D eigenvalue weighted by Gasteiger charge is 2.19. The second-order valence-corrected chi connectivity index (χ2v) is 5.47. The molecule has 1 aromatic heterocycles. The smallest absolute Gasteiger partial charge is 0.322 e. The molecule has 0 radical (unpaired) electrons. The molecule has 2 aromatic carbocycles. The molecule has 1 heterocycles. The number of aliphatic imine (C=N–C) groups is 1. The molecule has 0 aliphatic carbocycles. The minimum Gasteiger partial charge on any atom is -0.846 e. The zero-order chi connectivity index (χ0) is 16.8. The van der Waals surface area contributed by atoms with Gasteiger partial charge in [-0.3, -0.25) is 4.52 Å². The Kier molecular flexibility index (Phi) is 4.86. The summed E-state index contributed by atoms with van der Waals surface area (Å²) < 4.78 is 6.79. The summed E-state index contributed by atoms with van der Waals surface area (Å²) in [5, 5.41) is 18.5. The SMILES string of the molecule is CC(Cc1ccccc1)[n+]1cc(/N=C(/[O-])Nc2ccccc2)on1. The van der Waals surface area contributed by atoms with E-state index in [0.717, 1.165) is 6.42 Å². The molecular formula is C18H18N4O2. The summed E-state index contributed by atoms with van der Waals surface area (Å²) >= 11 is 0. The van der Waals surface area contributed by atoms with Gasteiger partial charge in [-0.2, -0.15) is 0 Å². The van der Waals surface area contributed by atoms with Gasteiger partial charge in [0.25, 0.3) is 6.20 Å². The van der Waals surface area contributed by atoms with Crippen LogP contribution in [0, 0.1) is 0 Å². The summed E-state index contributed by atoms with van der Waals surface area (Å²) in [6.07, 6.45) is 2.44. The Hall–Kier alpha value is -3.15. The fourth-order valence-electron chi connectivity index (χ4n) is 2.33. The van der Waals surface area contributed by atoms with Gasteiger partial charge in [-0.1, -0.05) is 48.5 Å². The van der Waals surface area contributed by atoms with Crippen LogP contribution >= 0.6 is 0 Å². The van der Waals surface area contributed by atoms with E-state index in [9.17, 15) is 5.11 Å². The molecule has 1 unspecified atom stereocenters. The lowest BCUT2D eigenvalue weighted by Crippen LogP contribution is -2.39. The number of anilines is 1. The van der Waals surface area contributed by atoms with Crippen molar-refractivity contribution in [3.8, 4) is 0 Å². The third kappa shape index (κ3) is 4.19. The molecule has 3 aromatic rings. The summed E-state index contributed by atoms with van der Waals surface area (Å²) in [6.45, 7) is 2.03. The minimum absolute atomic E-state index is 0.0947. The largest absolute Gasteiger partial charge is 0.846 e. The van der Waals surface area contributed by atoms with Gasteiger partial charge in [0.05, 0.1) is 6.02 Å². The van der Waals surface area contributed by atoms with Crippen molar-refractivity contribution in [2.45, 2.75) is 19.4 Å². The Balaban J connectivity index is 1.65. The van der Waals surface area contributed by atoms with Gasteiger partial charge in [0.1, 0.15) is 0 Å². The fourth-order valence-corrected chi connectivity index (χ4v) is 2.33. The predicted octanol–water partition coefficient (Wildman–Crippen LogP) is 2.23. The van der Waals surface area contributed by atoms with Gasteiger partial charge in [-0.05, 0) is 22.4 Å². The molecule has 0 saturated carbocycles. The van der Waals surface area contributed by atoms with Crippen molar-refractivity contribution in [3.05, 3.63) is 72.4 Å².